The number of para-hydroxylation sites is 1. The van der Waals surface area contributed by atoms with E-state index < -0.39 is 0 Å². The molecule has 24 heavy (non-hydrogen) atoms. The fraction of sp³-hybridized carbons (Fsp3) is 0.550. The quantitative estimate of drug-likeness (QED) is 0.778. The summed E-state index contributed by atoms with van der Waals surface area (Å²) in [7, 11) is 0. The SMILES string of the molecule is CCOc1ccccc1/C=C/C(=O)N1CCN(C2CCCC2)CC1. The van der Waals surface area contributed by atoms with Crippen molar-refractivity contribution in [3.05, 3.63) is 35.9 Å². The van der Waals surface area contributed by atoms with Gasteiger partial charge in [0, 0.05) is 43.9 Å². The van der Waals surface area contributed by atoms with Crippen LogP contribution < -0.4 is 4.74 Å². The minimum absolute atomic E-state index is 0.104. The Hall–Kier alpha value is -1.81. The van der Waals surface area contributed by atoms with Gasteiger partial charge in [0.1, 0.15) is 5.75 Å². The van der Waals surface area contributed by atoms with E-state index in [1.165, 1.54) is 25.7 Å². The van der Waals surface area contributed by atoms with Crippen LogP contribution in [0.4, 0.5) is 0 Å². The highest BCUT2D eigenvalue weighted by atomic mass is 16.5. The normalized spacial score (nSPS) is 20.0. The molecule has 1 amide bonds. The first kappa shape index (κ1) is 17.0. The minimum Gasteiger partial charge on any atom is -0.493 e. The predicted molar refractivity (Wildman–Crippen MR) is 97.1 cm³/mol. The van der Waals surface area contributed by atoms with Crippen molar-refractivity contribution in [3.8, 4) is 5.75 Å². The smallest absolute Gasteiger partial charge is 0.246 e. The maximum atomic E-state index is 12.4. The Labute approximate surface area is 145 Å². The van der Waals surface area contributed by atoms with E-state index in [0.29, 0.717) is 6.61 Å². The molecule has 0 N–H and O–H groups in total. The van der Waals surface area contributed by atoms with Gasteiger partial charge >= 0.3 is 0 Å². The van der Waals surface area contributed by atoms with Crippen LogP contribution in [0.15, 0.2) is 30.3 Å². The van der Waals surface area contributed by atoms with E-state index in [2.05, 4.69) is 4.90 Å². The third kappa shape index (κ3) is 4.18. The first-order valence-corrected chi connectivity index (χ1v) is 9.21. The zero-order valence-electron chi connectivity index (χ0n) is 14.6. The van der Waals surface area contributed by atoms with Crippen molar-refractivity contribution in [1.82, 2.24) is 9.80 Å². The molecule has 0 bridgehead atoms. The molecule has 3 rings (SSSR count). The Morgan fingerprint density at radius 2 is 1.88 bits per heavy atom. The molecule has 1 aromatic carbocycles. The molecule has 1 aliphatic carbocycles. The Morgan fingerprint density at radius 3 is 2.58 bits per heavy atom. The van der Waals surface area contributed by atoms with Gasteiger partial charge in [0.05, 0.1) is 6.61 Å². The number of rotatable bonds is 5. The van der Waals surface area contributed by atoms with Gasteiger partial charge in [-0.25, -0.2) is 0 Å². The summed E-state index contributed by atoms with van der Waals surface area (Å²) in [5, 5.41) is 0. The third-order valence-corrected chi connectivity index (χ3v) is 5.09. The van der Waals surface area contributed by atoms with Gasteiger partial charge < -0.3 is 9.64 Å². The summed E-state index contributed by atoms with van der Waals surface area (Å²) in [6, 6.07) is 8.59. The van der Waals surface area contributed by atoms with Crippen molar-refractivity contribution in [1.29, 1.82) is 0 Å². The number of nitrogens with zero attached hydrogens (tertiary/aromatic N) is 2. The van der Waals surface area contributed by atoms with Crippen LogP contribution in [0.2, 0.25) is 0 Å². The predicted octanol–water partition coefficient (Wildman–Crippen LogP) is 3.19. The number of piperazine rings is 1. The number of amides is 1. The first-order valence-electron chi connectivity index (χ1n) is 9.21. The highest BCUT2D eigenvalue weighted by Crippen LogP contribution is 2.24. The van der Waals surface area contributed by atoms with Crippen LogP contribution in [0.5, 0.6) is 5.75 Å². The molecule has 4 heteroatoms. The largest absolute Gasteiger partial charge is 0.493 e. The van der Waals surface area contributed by atoms with Gasteiger partial charge in [0.25, 0.3) is 0 Å². The summed E-state index contributed by atoms with van der Waals surface area (Å²) in [6.07, 6.45) is 8.96. The summed E-state index contributed by atoms with van der Waals surface area (Å²) in [4.78, 5) is 17.0. The van der Waals surface area contributed by atoms with E-state index in [9.17, 15) is 4.79 Å². The van der Waals surface area contributed by atoms with E-state index in [1.807, 2.05) is 42.2 Å². The molecule has 4 nitrogen and oxygen atoms in total. The van der Waals surface area contributed by atoms with Crippen molar-refractivity contribution in [2.75, 3.05) is 32.8 Å². The molecule has 1 aromatic rings. The maximum absolute atomic E-state index is 12.4. The fourth-order valence-electron chi connectivity index (χ4n) is 3.75. The van der Waals surface area contributed by atoms with Crippen molar-refractivity contribution in [2.45, 2.75) is 38.6 Å². The monoisotopic (exact) mass is 328 g/mol. The molecule has 0 spiro atoms. The molecule has 0 radical (unpaired) electrons. The Morgan fingerprint density at radius 1 is 1.17 bits per heavy atom. The zero-order chi connectivity index (χ0) is 16.8. The van der Waals surface area contributed by atoms with Gasteiger partial charge in [-0.05, 0) is 31.9 Å². The maximum Gasteiger partial charge on any atom is 0.246 e. The summed E-state index contributed by atoms with van der Waals surface area (Å²) in [5.41, 5.74) is 0.956. The molecule has 0 aromatic heterocycles. The van der Waals surface area contributed by atoms with E-state index in [-0.39, 0.29) is 5.91 Å². The van der Waals surface area contributed by atoms with Gasteiger partial charge in [-0.1, -0.05) is 31.0 Å². The molecule has 1 saturated heterocycles. The van der Waals surface area contributed by atoms with Gasteiger partial charge in [-0.15, -0.1) is 0 Å². The number of carbonyl (C=O) groups excluding carboxylic acids is 1. The van der Waals surface area contributed by atoms with Crippen molar-refractivity contribution in [3.63, 3.8) is 0 Å². The lowest BCUT2D eigenvalue weighted by atomic mass is 10.1. The Balaban J connectivity index is 1.54. The second-order valence-corrected chi connectivity index (χ2v) is 6.60. The second-order valence-electron chi connectivity index (χ2n) is 6.60. The van der Waals surface area contributed by atoms with E-state index in [4.69, 9.17) is 4.74 Å². The van der Waals surface area contributed by atoms with Crippen LogP contribution in [0.25, 0.3) is 6.08 Å². The van der Waals surface area contributed by atoms with Crippen LogP contribution in [0, 0.1) is 0 Å². The standard InChI is InChI=1S/C20H28N2O2/c1-2-24-19-10-6-3-7-17(19)11-12-20(23)22-15-13-21(14-16-22)18-8-4-5-9-18/h3,6-7,10-12,18H,2,4-5,8-9,13-16H2,1H3/b12-11+. The zero-order valence-corrected chi connectivity index (χ0v) is 14.6. The second kappa shape index (κ2) is 8.34. The lowest BCUT2D eigenvalue weighted by Gasteiger charge is -2.37. The molecule has 1 aliphatic heterocycles. The number of ether oxygens (including phenoxy) is 1. The van der Waals surface area contributed by atoms with E-state index in [1.54, 1.807) is 6.08 Å². The summed E-state index contributed by atoms with van der Waals surface area (Å²) >= 11 is 0. The van der Waals surface area contributed by atoms with Crippen LogP contribution >= 0.6 is 0 Å². The first-order chi connectivity index (χ1) is 11.8. The van der Waals surface area contributed by atoms with Crippen molar-refractivity contribution >= 4 is 12.0 Å². The molecule has 1 saturated carbocycles. The van der Waals surface area contributed by atoms with Gasteiger partial charge in [0.15, 0.2) is 0 Å². The summed E-state index contributed by atoms with van der Waals surface area (Å²) < 4.78 is 5.60. The van der Waals surface area contributed by atoms with E-state index >= 15 is 0 Å². The molecular weight excluding hydrogens is 300 g/mol. The number of hydrogen-bond donors (Lipinski definition) is 0. The van der Waals surface area contributed by atoms with Crippen LogP contribution in [-0.4, -0.2) is 54.5 Å². The summed E-state index contributed by atoms with van der Waals surface area (Å²) in [5.74, 6) is 0.933. The Kier molecular flexibility index (Phi) is 5.91. The molecular formula is C20H28N2O2. The molecule has 130 valence electrons. The molecule has 1 heterocycles. The van der Waals surface area contributed by atoms with Gasteiger partial charge in [0.2, 0.25) is 5.91 Å². The lowest BCUT2D eigenvalue weighted by Crippen LogP contribution is -2.51. The van der Waals surface area contributed by atoms with Crippen molar-refractivity contribution < 1.29 is 9.53 Å². The third-order valence-electron chi connectivity index (χ3n) is 5.09. The molecule has 0 unspecified atom stereocenters. The molecule has 2 fully saturated rings. The average molecular weight is 328 g/mol. The topological polar surface area (TPSA) is 32.8 Å². The molecule has 0 atom stereocenters. The van der Waals surface area contributed by atoms with Gasteiger partial charge in [-0.3, -0.25) is 9.69 Å². The highest BCUT2D eigenvalue weighted by molar-refractivity contribution is 5.92. The Bertz CT molecular complexity index is 571. The number of carbonyl (C=O) groups is 1. The van der Waals surface area contributed by atoms with Gasteiger partial charge in [-0.2, -0.15) is 0 Å². The number of hydrogen-bond acceptors (Lipinski definition) is 3. The van der Waals surface area contributed by atoms with Crippen LogP contribution in [0.3, 0.4) is 0 Å². The average Bonchev–Trinajstić information content (AvgIpc) is 3.16. The fourth-order valence-corrected chi connectivity index (χ4v) is 3.75. The molecule has 2 aliphatic rings. The van der Waals surface area contributed by atoms with Crippen LogP contribution in [-0.2, 0) is 4.79 Å². The highest BCUT2D eigenvalue weighted by Gasteiger charge is 2.27. The summed E-state index contributed by atoms with van der Waals surface area (Å²) in [6.45, 7) is 6.30. The minimum atomic E-state index is 0.104. The van der Waals surface area contributed by atoms with Crippen molar-refractivity contribution in [2.24, 2.45) is 0 Å². The van der Waals surface area contributed by atoms with Crippen LogP contribution in [0.1, 0.15) is 38.2 Å². The van der Waals surface area contributed by atoms with E-state index in [0.717, 1.165) is 43.5 Å². The number of benzene rings is 1. The lowest BCUT2D eigenvalue weighted by molar-refractivity contribution is -0.127.